The number of amides is 1. The molecule has 5 nitrogen and oxygen atoms in total. The molecule has 0 bridgehead atoms. The van der Waals surface area contributed by atoms with E-state index in [9.17, 15) is 22.9 Å². The Morgan fingerprint density at radius 3 is 2.58 bits per heavy atom. The molecule has 1 saturated heterocycles. The number of nitroso groups, excluding NO2 is 1. The standard InChI is InChI=1S/C11H10F3N3O2/c12-11(13,14)9-2-1-8(4-15-9)17-5-7(6-17)3-10(18)16-19/h1-2,4,7H,3,5-6H2. The maximum absolute atomic E-state index is 12.3. The summed E-state index contributed by atoms with van der Waals surface area (Å²) in [5.74, 6) is -0.678. The third-order valence-corrected chi connectivity index (χ3v) is 2.93. The number of halogens is 3. The van der Waals surface area contributed by atoms with Crippen LogP contribution in [0, 0.1) is 10.8 Å². The fourth-order valence-electron chi connectivity index (χ4n) is 1.93. The van der Waals surface area contributed by atoms with Crippen LogP contribution in [0.2, 0.25) is 0 Å². The summed E-state index contributed by atoms with van der Waals surface area (Å²) in [5, 5.41) is 2.30. The molecule has 1 fully saturated rings. The molecule has 102 valence electrons. The van der Waals surface area contributed by atoms with Crippen LogP contribution >= 0.6 is 0 Å². The summed E-state index contributed by atoms with van der Waals surface area (Å²) < 4.78 is 36.9. The number of anilines is 1. The van der Waals surface area contributed by atoms with Crippen LogP contribution in [0.25, 0.3) is 0 Å². The van der Waals surface area contributed by atoms with Gasteiger partial charge in [-0.15, -0.1) is 4.91 Å². The van der Waals surface area contributed by atoms with Gasteiger partial charge in [0.15, 0.2) is 0 Å². The Morgan fingerprint density at radius 2 is 2.11 bits per heavy atom. The van der Waals surface area contributed by atoms with Gasteiger partial charge in [-0.05, 0) is 12.1 Å². The number of carbonyl (C=O) groups is 1. The van der Waals surface area contributed by atoms with Crippen LogP contribution in [0.3, 0.4) is 0 Å². The molecule has 2 rings (SSSR count). The Labute approximate surface area is 106 Å². The number of alkyl halides is 3. The van der Waals surface area contributed by atoms with Gasteiger partial charge in [-0.25, -0.2) is 4.98 Å². The molecule has 1 aliphatic rings. The van der Waals surface area contributed by atoms with Crippen LogP contribution in [-0.2, 0) is 11.0 Å². The molecule has 2 heterocycles. The molecule has 0 atom stereocenters. The van der Waals surface area contributed by atoms with Crippen LogP contribution in [-0.4, -0.2) is 24.0 Å². The van der Waals surface area contributed by atoms with Crippen molar-refractivity contribution in [2.45, 2.75) is 12.6 Å². The van der Waals surface area contributed by atoms with Crippen molar-refractivity contribution in [1.29, 1.82) is 0 Å². The first-order valence-corrected chi connectivity index (χ1v) is 5.54. The van der Waals surface area contributed by atoms with Gasteiger partial charge in [0, 0.05) is 30.6 Å². The third kappa shape index (κ3) is 3.07. The van der Waals surface area contributed by atoms with Gasteiger partial charge >= 0.3 is 6.18 Å². The first-order valence-electron chi connectivity index (χ1n) is 5.54. The summed E-state index contributed by atoms with van der Waals surface area (Å²) in [6.45, 7) is 1.02. The van der Waals surface area contributed by atoms with Crippen molar-refractivity contribution in [2.75, 3.05) is 18.0 Å². The molecule has 0 N–H and O–H groups in total. The number of aromatic nitrogens is 1. The molecular formula is C11H10F3N3O2. The van der Waals surface area contributed by atoms with Crippen LogP contribution < -0.4 is 4.90 Å². The van der Waals surface area contributed by atoms with Gasteiger partial charge < -0.3 is 4.90 Å². The van der Waals surface area contributed by atoms with E-state index in [4.69, 9.17) is 0 Å². The molecule has 0 saturated carbocycles. The first kappa shape index (κ1) is 13.4. The third-order valence-electron chi connectivity index (χ3n) is 2.93. The second-order valence-corrected chi connectivity index (χ2v) is 4.36. The number of nitrogens with zero attached hydrogens (tertiary/aromatic N) is 3. The summed E-state index contributed by atoms with van der Waals surface area (Å²) in [4.78, 5) is 25.9. The number of rotatable bonds is 3. The highest BCUT2D eigenvalue weighted by atomic mass is 19.4. The average Bonchev–Trinajstić information content (AvgIpc) is 2.32. The Hall–Kier alpha value is -1.99. The molecule has 0 unspecified atom stereocenters. The van der Waals surface area contributed by atoms with Crippen molar-refractivity contribution in [2.24, 2.45) is 11.1 Å². The van der Waals surface area contributed by atoms with Crippen LogP contribution in [0.15, 0.2) is 23.5 Å². The van der Waals surface area contributed by atoms with Gasteiger partial charge in [0.2, 0.25) is 0 Å². The van der Waals surface area contributed by atoms with E-state index in [1.54, 1.807) is 4.90 Å². The van der Waals surface area contributed by atoms with E-state index in [0.717, 1.165) is 12.3 Å². The number of hydrogen-bond acceptors (Lipinski definition) is 4. The zero-order valence-electron chi connectivity index (χ0n) is 9.72. The summed E-state index contributed by atoms with van der Waals surface area (Å²) in [5.41, 5.74) is -0.371. The maximum atomic E-state index is 12.3. The van der Waals surface area contributed by atoms with Gasteiger partial charge in [-0.2, -0.15) is 13.2 Å². The maximum Gasteiger partial charge on any atom is 0.433 e. The minimum absolute atomic E-state index is 0.0208. The fourth-order valence-corrected chi connectivity index (χ4v) is 1.93. The van der Waals surface area contributed by atoms with E-state index >= 15 is 0 Å². The van der Waals surface area contributed by atoms with Gasteiger partial charge in [0.05, 0.1) is 11.9 Å². The lowest BCUT2D eigenvalue weighted by atomic mass is 9.95. The molecule has 0 radical (unpaired) electrons. The number of hydrogen-bond donors (Lipinski definition) is 0. The molecule has 19 heavy (non-hydrogen) atoms. The monoisotopic (exact) mass is 273 g/mol. The van der Waals surface area contributed by atoms with Crippen molar-refractivity contribution in [1.82, 2.24) is 4.98 Å². The summed E-state index contributed by atoms with van der Waals surface area (Å²) in [6.07, 6.45) is -3.22. The van der Waals surface area contributed by atoms with Gasteiger partial charge in [-0.1, -0.05) is 0 Å². The Balaban J connectivity index is 1.92. The quantitative estimate of drug-likeness (QED) is 0.792. The second kappa shape index (κ2) is 4.94. The zero-order chi connectivity index (χ0) is 14.0. The van der Waals surface area contributed by atoms with Crippen LogP contribution in [0.1, 0.15) is 12.1 Å². The second-order valence-electron chi connectivity index (χ2n) is 4.36. The predicted octanol–water partition coefficient (Wildman–Crippen LogP) is 2.22. The minimum Gasteiger partial charge on any atom is -0.370 e. The highest BCUT2D eigenvalue weighted by Crippen LogP contribution is 2.30. The molecular weight excluding hydrogens is 263 g/mol. The number of carbonyl (C=O) groups excluding carboxylic acids is 1. The molecule has 1 aromatic heterocycles. The van der Waals surface area contributed by atoms with E-state index < -0.39 is 17.8 Å². The van der Waals surface area contributed by atoms with Gasteiger partial charge in [0.1, 0.15) is 5.69 Å². The highest BCUT2D eigenvalue weighted by Gasteiger charge is 2.33. The Morgan fingerprint density at radius 1 is 1.42 bits per heavy atom. The first-order chi connectivity index (χ1) is 8.90. The molecule has 8 heteroatoms. The Bertz CT molecular complexity index is 481. The average molecular weight is 273 g/mol. The van der Waals surface area contributed by atoms with Gasteiger partial charge in [-0.3, -0.25) is 4.79 Å². The Kier molecular flexibility index (Phi) is 3.50. The summed E-state index contributed by atoms with van der Waals surface area (Å²) in [7, 11) is 0. The molecule has 1 amide bonds. The molecule has 0 aliphatic carbocycles. The lowest BCUT2D eigenvalue weighted by molar-refractivity contribution is -0.141. The molecule has 0 aromatic carbocycles. The highest BCUT2D eigenvalue weighted by molar-refractivity contribution is 5.77. The van der Waals surface area contributed by atoms with E-state index in [1.807, 2.05) is 0 Å². The molecule has 1 aromatic rings. The normalized spacial score (nSPS) is 16.1. The lowest BCUT2D eigenvalue weighted by Crippen LogP contribution is -2.47. The largest absolute Gasteiger partial charge is 0.433 e. The molecule has 1 aliphatic heterocycles. The van der Waals surface area contributed by atoms with E-state index in [1.165, 1.54) is 6.07 Å². The van der Waals surface area contributed by atoms with E-state index in [-0.39, 0.29) is 12.3 Å². The van der Waals surface area contributed by atoms with Crippen molar-refractivity contribution >= 4 is 11.6 Å². The van der Waals surface area contributed by atoms with Crippen molar-refractivity contribution in [3.8, 4) is 0 Å². The zero-order valence-corrected chi connectivity index (χ0v) is 9.72. The van der Waals surface area contributed by atoms with E-state index in [2.05, 4.69) is 10.2 Å². The fraction of sp³-hybridized carbons (Fsp3) is 0.455. The predicted molar refractivity (Wildman–Crippen MR) is 60.4 cm³/mol. The number of pyridine rings is 1. The van der Waals surface area contributed by atoms with E-state index in [0.29, 0.717) is 18.8 Å². The van der Waals surface area contributed by atoms with Crippen LogP contribution in [0.4, 0.5) is 18.9 Å². The summed E-state index contributed by atoms with van der Waals surface area (Å²) >= 11 is 0. The SMILES string of the molecule is O=NC(=O)CC1CN(c2ccc(C(F)(F)F)nc2)C1. The topological polar surface area (TPSA) is 62.6 Å². The summed E-state index contributed by atoms with van der Waals surface area (Å²) in [6, 6.07) is 2.26. The van der Waals surface area contributed by atoms with Crippen LogP contribution in [0.5, 0.6) is 0 Å². The van der Waals surface area contributed by atoms with Crippen molar-refractivity contribution in [3.63, 3.8) is 0 Å². The van der Waals surface area contributed by atoms with Gasteiger partial charge in [0.25, 0.3) is 5.91 Å². The van der Waals surface area contributed by atoms with Crippen molar-refractivity contribution in [3.05, 3.63) is 28.9 Å². The van der Waals surface area contributed by atoms with Crippen molar-refractivity contribution < 1.29 is 18.0 Å². The minimum atomic E-state index is -4.45. The molecule has 0 spiro atoms. The smallest absolute Gasteiger partial charge is 0.370 e. The lowest BCUT2D eigenvalue weighted by Gasteiger charge is -2.40.